The molecule has 1 aliphatic rings. The molecule has 0 radical (unpaired) electrons. The first-order chi connectivity index (χ1) is 8.76. The summed E-state index contributed by atoms with van der Waals surface area (Å²) in [6, 6.07) is 2.74. The van der Waals surface area contributed by atoms with Crippen molar-refractivity contribution in [3.05, 3.63) is 18.2 Å². The van der Waals surface area contributed by atoms with Gasteiger partial charge in [0.1, 0.15) is 11.5 Å². The van der Waals surface area contributed by atoms with E-state index in [2.05, 4.69) is 4.74 Å². The Labute approximate surface area is 105 Å². The lowest BCUT2D eigenvalue weighted by Crippen LogP contribution is -2.25. The predicted octanol–water partition coefficient (Wildman–Crippen LogP) is 1.60. The summed E-state index contributed by atoms with van der Waals surface area (Å²) in [4.78, 5) is 23.5. The molecule has 0 spiro atoms. The lowest BCUT2D eigenvalue weighted by atomic mass is 10.2. The Kier molecular flexibility index (Phi) is 3.09. The number of Topliss-reactive ketones (excluding diaryl/α,β-unsaturated/α-hetero) is 1. The number of carbonyl (C=O) groups is 2. The molecule has 1 aromatic rings. The molecule has 0 unspecified atom stereocenters. The molecule has 5 nitrogen and oxygen atoms in total. The van der Waals surface area contributed by atoms with E-state index in [4.69, 9.17) is 0 Å². The summed E-state index contributed by atoms with van der Waals surface area (Å²) in [5.41, 5.74) is -0.183. The second-order valence-corrected chi connectivity index (χ2v) is 3.89. The van der Waals surface area contributed by atoms with Crippen LogP contribution in [0.3, 0.4) is 0 Å². The van der Waals surface area contributed by atoms with Crippen molar-refractivity contribution in [1.29, 1.82) is 0 Å². The van der Waals surface area contributed by atoms with Crippen LogP contribution >= 0.6 is 0 Å². The number of ketones is 1. The smallest absolute Gasteiger partial charge is 0.506 e. The molecular weight excluding hydrogens is 267 g/mol. The van der Waals surface area contributed by atoms with Crippen LogP contribution in [0.5, 0.6) is 11.5 Å². The molecule has 19 heavy (non-hydrogen) atoms. The van der Waals surface area contributed by atoms with Crippen molar-refractivity contribution in [3.63, 3.8) is 0 Å². The molecule has 1 fully saturated rings. The van der Waals surface area contributed by atoms with E-state index in [9.17, 15) is 27.9 Å². The van der Waals surface area contributed by atoms with E-state index in [1.54, 1.807) is 0 Å². The average Bonchev–Trinajstić information content (AvgIpc) is 2.58. The highest BCUT2D eigenvalue weighted by molar-refractivity contribution is 6.15. The van der Waals surface area contributed by atoms with E-state index in [0.29, 0.717) is 0 Å². The Hall–Kier alpha value is -2.25. The first-order valence-corrected chi connectivity index (χ1v) is 5.17. The summed E-state index contributed by atoms with van der Waals surface area (Å²) in [7, 11) is 0. The van der Waals surface area contributed by atoms with Gasteiger partial charge in [0, 0.05) is 6.07 Å². The van der Waals surface area contributed by atoms with E-state index >= 15 is 0 Å². The van der Waals surface area contributed by atoms with Crippen LogP contribution in [0.15, 0.2) is 18.2 Å². The van der Waals surface area contributed by atoms with E-state index < -0.39 is 23.8 Å². The maximum atomic E-state index is 12.1. The van der Waals surface area contributed by atoms with Gasteiger partial charge in [0.2, 0.25) is 5.91 Å². The summed E-state index contributed by atoms with van der Waals surface area (Å²) in [6.07, 6.45) is -5.21. The molecule has 0 aliphatic carbocycles. The van der Waals surface area contributed by atoms with Crippen molar-refractivity contribution in [2.24, 2.45) is 0 Å². The van der Waals surface area contributed by atoms with Gasteiger partial charge < -0.3 is 14.7 Å². The van der Waals surface area contributed by atoms with E-state index in [0.717, 1.165) is 23.1 Å². The zero-order valence-corrected chi connectivity index (χ0v) is 9.40. The van der Waals surface area contributed by atoms with Gasteiger partial charge in [0.05, 0.1) is 18.7 Å². The third-order valence-corrected chi connectivity index (χ3v) is 2.46. The highest BCUT2D eigenvalue weighted by Gasteiger charge is 2.33. The number of phenols is 1. The number of rotatable bonds is 2. The second kappa shape index (κ2) is 4.45. The maximum Gasteiger partial charge on any atom is 0.573 e. The monoisotopic (exact) mass is 275 g/mol. The van der Waals surface area contributed by atoms with Gasteiger partial charge >= 0.3 is 6.36 Å². The number of benzene rings is 1. The molecule has 2 rings (SSSR count). The van der Waals surface area contributed by atoms with Crippen molar-refractivity contribution in [3.8, 4) is 11.5 Å². The minimum atomic E-state index is -4.88. The molecule has 1 N–H and O–H groups in total. The number of hydrogen-bond donors (Lipinski definition) is 1. The van der Waals surface area contributed by atoms with Gasteiger partial charge in [-0.3, -0.25) is 9.59 Å². The van der Waals surface area contributed by atoms with Gasteiger partial charge in [-0.2, -0.15) is 0 Å². The van der Waals surface area contributed by atoms with Gasteiger partial charge in [-0.1, -0.05) is 0 Å². The Morgan fingerprint density at radius 1 is 1.26 bits per heavy atom. The zero-order chi connectivity index (χ0) is 14.2. The topological polar surface area (TPSA) is 66.8 Å². The van der Waals surface area contributed by atoms with Crippen molar-refractivity contribution in [2.45, 2.75) is 12.8 Å². The third kappa shape index (κ3) is 2.95. The molecule has 8 heteroatoms. The third-order valence-electron chi connectivity index (χ3n) is 2.46. The van der Waals surface area contributed by atoms with Crippen LogP contribution in [0, 0.1) is 0 Å². The number of ether oxygens (including phenoxy) is 1. The van der Waals surface area contributed by atoms with Crippen LogP contribution < -0.4 is 9.64 Å². The molecule has 1 amide bonds. The first kappa shape index (κ1) is 13.2. The highest BCUT2D eigenvalue weighted by Crippen LogP contribution is 2.35. The van der Waals surface area contributed by atoms with E-state index in [-0.39, 0.29) is 24.4 Å². The number of alkyl halides is 3. The maximum absolute atomic E-state index is 12.1. The Morgan fingerprint density at radius 3 is 2.47 bits per heavy atom. The number of anilines is 1. The number of amides is 1. The normalized spacial score (nSPS) is 16.1. The summed E-state index contributed by atoms with van der Waals surface area (Å²) in [6.45, 7) is -0.276. The summed E-state index contributed by atoms with van der Waals surface area (Å²) in [5, 5.41) is 9.56. The molecule has 0 bridgehead atoms. The largest absolute Gasteiger partial charge is 0.573 e. The minimum Gasteiger partial charge on any atom is -0.506 e. The lowest BCUT2D eigenvalue weighted by Gasteiger charge is -2.17. The van der Waals surface area contributed by atoms with Gasteiger partial charge in [-0.05, 0) is 12.1 Å². The van der Waals surface area contributed by atoms with Gasteiger partial charge in [-0.15, -0.1) is 13.2 Å². The lowest BCUT2D eigenvalue weighted by molar-refractivity contribution is -0.274. The predicted molar refractivity (Wildman–Crippen MR) is 56.8 cm³/mol. The molecule has 1 aliphatic heterocycles. The number of carbonyl (C=O) groups excluding carboxylic acids is 2. The number of nitrogens with zero attached hydrogens (tertiary/aromatic N) is 1. The summed E-state index contributed by atoms with van der Waals surface area (Å²) < 4.78 is 39.9. The standard InChI is InChI=1S/C11H8F3NO4/c12-11(13,14)19-7-1-2-9(17)8(4-7)15-5-6(16)3-10(15)18/h1-2,4,17H,3,5H2. The van der Waals surface area contributed by atoms with Crippen LogP contribution in [0.2, 0.25) is 0 Å². The molecule has 102 valence electrons. The van der Waals surface area contributed by atoms with Crippen LogP contribution in [-0.4, -0.2) is 29.7 Å². The van der Waals surface area contributed by atoms with Crippen LogP contribution in [0.4, 0.5) is 18.9 Å². The highest BCUT2D eigenvalue weighted by atomic mass is 19.4. The van der Waals surface area contributed by atoms with Crippen LogP contribution in [-0.2, 0) is 9.59 Å². The number of hydrogen-bond acceptors (Lipinski definition) is 4. The fraction of sp³-hybridized carbons (Fsp3) is 0.273. The van der Waals surface area contributed by atoms with Crippen LogP contribution in [0.1, 0.15) is 6.42 Å². The van der Waals surface area contributed by atoms with Gasteiger partial charge in [0.25, 0.3) is 0 Å². The quantitative estimate of drug-likeness (QED) is 0.832. The van der Waals surface area contributed by atoms with E-state index in [1.807, 2.05) is 0 Å². The summed E-state index contributed by atoms with van der Waals surface area (Å²) in [5.74, 6) is -1.93. The number of halogens is 3. The Balaban J connectivity index is 2.32. The van der Waals surface area contributed by atoms with Gasteiger partial charge in [-0.25, -0.2) is 0 Å². The molecule has 0 atom stereocenters. The van der Waals surface area contributed by atoms with Gasteiger partial charge in [0.15, 0.2) is 5.78 Å². The molecule has 1 heterocycles. The molecule has 1 aromatic carbocycles. The SMILES string of the molecule is O=C1CC(=O)N(c2cc(OC(F)(F)F)ccc2O)C1. The summed E-state index contributed by atoms with van der Waals surface area (Å²) >= 11 is 0. The van der Waals surface area contributed by atoms with Crippen molar-refractivity contribution < 1.29 is 32.6 Å². The fourth-order valence-corrected chi connectivity index (χ4v) is 1.72. The molecule has 0 saturated carbocycles. The second-order valence-electron chi connectivity index (χ2n) is 3.89. The minimum absolute atomic E-state index is 0.183. The number of aromatic hydroxyl groups is 1. The Morgan fingerprint density at radius 2 is 1.95 bits per heavy atom. The number of phenolic OH excluding ortho intramolecular Hbond substituents is 1. The zero-order valence-electron chi connectivity index (χ0n) is 9.40. The fourth-order valence-electron chi connectivity index (χ4n) is 1.72. The van der Waals surface area contributed by atoms with Crippen molar-refractivity contribution in [2.75, 3.05) is 11.4 Å². The molecule has 1 saturated heterocycles. The van der Waals surface area contributed by atoms with E-state index in [1.165, 1.54) is 0 Å². The van der Waals surface area contributed by atoms with Crippen LogP contribution in [0.25, 0.3) is 0 Å². The van der Waals surface area contributed by atoms with Crippen molar-refractivity contribution >= 4 is 17.4 Å². The first-order valence-electron chi connectivity index (χ1n) is 5.17. The molecule has 0 aromatic heterocycles. The Bertz CT molecular complexity index is 541. The van der Waals surface area contributed by atoms with Crippen molar-refractivity contribution in [1.82, 2.24) is 0 Å². The molecular formula is C11H8F3NO4. The average molecular weight is 275 g/mol.